The lowest BCUT2D eigenvalue weighted by molar-refractivity contribution is 0.0798. The lowest BCUT2D eigenvalue weighted by Crippen LogP contribution is -2.27. The van der Waals surface area contributed by atoms with Crippen molar-refractivity contribution in [2.24, 2.45) is 0 Å². The van der Waals surface area contributed by atoms with Gasteiger partial charge in [-0.25, -0.2) is 9.97 Å². The average molecular weight is 294 g/mol. The minimum atomic E-state index is -0.101. The van der Waals surface area contributed by atoms with Crippen molar-refractivity contribution in [1.82, 2.24) is 14.9 Å². The summed E-state index contributed by atoms with van der Waals surface area (Å²) in [5.74, 6) is -0.101. The van der Waals surface area contributed by atoms with Gasteiger partial charge in [0.2, 0.25) is 0 Å². The van der Waals surface area contributed by atoms with Gasteiger partial charge in [0.05, 0.1) is 5.69 Å². The summed E-state index contributed by atoms with van der Waals surface area (Å²) < 4.78 is 0. The van der Waals surface area contributed by atoms with Crippen LogP contribution < -0.4 is 5.73 Å². The second-order valence-electron chi connectivity index (χ2n) is 4.57. The summed E-state index contributed by atoms with van der Waals surface area (Å²) in [6.45, 7) is 0.839. The zero-order valence-electron chi connectivity index (χ0n) is 11.4. The van der Waals surface area contributed by atoms with Crippen LogP contribution in [0.5, 0.6) is 0 Å². The Morgan fingerprint density at radius 2 is 2.10 bits per heavy atom. The summed E-state index contributed by atoms with van der Waals surface area (Å²) in [4.78, 5) is 23.5. The lowest BCUT2D eigenvalue weighted by Gasteiger charge is -2.16. The molecule has 108 valence electrons. The highest BCUT2D eigenvalue weighted by Crippen LogP contribution is 2.31. The van der Waals surface area contributed by atoms with E-state index in [0.29, 0.717) is 27.5 Å². The first-order valence-electron chi connectivity index (χ1n) is 6.50. The number of carbonyl (C=O) groups is 1. The summed E-state index contributed by atoms with van der Waals surface area (Å²) in [5, 5.41) is 8.73. The summed E-state index contributed by atoms with van der Waals surface area (Å²) in [6, 6.07) is 0. The Balaban J connectivity index is 2.08. The first-order chi connectivity index (χ1) is 9.65. The largest absolute Gasteiger partial charge is 0.396 e. The molecule has 6 nitrogen and oxygen atoms in total. The highest BCUT2D eigenvalue weighted by Gasteiger charge is 2.20. The number of aromatic nitrogens is 2. The van der Waals surface area contributed by atoms with Crippen LogP contribution in [0.25, 0.3) is 10.3 Å². The minimum Gasteiger partial charge on any atom is -0.396 e. The van der Waals surface area contributed by atoms with Crippen molar-refractivity contribution in [1.29, 1.82) is 0 Å². The third-order valence-corrected chi connectivity index (χ3v) is 4.15. The maximum atomic E-state index is 12.4. The SMILES string of the molecule is CN(CCCCCO)C(=O)c1sc2nccnc2c1N. The van der Waals surface area contributed by atoms with E-state index in [1.54, 1.807) is 24.3 Å². The topological polar surface area (TPSA) is 92.3 Å². The smallest absolute Gasteiger partial charge is 0.265 e. The molecule has 0 spiro atoms. The Labute approximate surface area is 121 Å². The number of hydrogen-bond donors (Lipinski definition) is 2. The summed E-state index contributed by atoms with van der Waals surface area (Å²) in [6.07, 6.45) is 5.69. The van der Waals surface area contributed by atoms with E-state index in [9.17, 15) is 4.79 Å². The van der Waals surface area contributed by atoms with Crippen LogP contribution in [0.4, 0.5) is 5.69 Å². The minimum absolute atomic E-state index is 0.101. The molecular formula is C13H18N4O2S. The first kappa shape index (κ1) is 14.7. The number of carbonyl (C=O) groups excluding carboxylic acids is 1. The van der Waals surface area contributed by atoms with E-state index in [1.807, 2.05) is 0 Å². The molecule has 0 aliphatic heterocycles. The Morgan fingerprint density at radius 3 is 2.80 bits per heavy atom. The third kappa shape index (κ3) is 3.05. The zero-order valence-corrected chi connectivity index (χ0v) is 12.2. The van der Waals surface area contributed by atoms with Crippen molar-refractivity contribution >= 4 is 33.3 Å². The predicted octanol–water partition coefficient (Wildman–Crippen LogP) is 1.51. The fraction of sp³-hybridized carbons (Fsp3) is 0.462. The second kappa shape index (κ2) is 6.62. The first-order valence-corrected chi connectivity index (χ1v) is 7.32. The van der Waals surface area contributed by atoms with Crippen LogP contribution in [0, 0.1) is 0 Å². The van der Waals surface area contributed by atoms with Gasteiger partial charge in [-0.15, -0.1) is 11.3 Å². The Bertz CT molecular complexity index is 599. The zero-order chi connectivity index (χ0) is 14.5. The van der Waals surface area contributed by atoms with Gasteiger partial charge in [0.1, 0.15) is 15.2 Å². The van der Waals surface area contributed by atoms with E-state index in [-0.39, 0.29) is 12.5 Å². The fourth-order valence-corrected chi connectivity index (χ4v) is 2.93. The van der Waals surface area contributed by atoms with Gasteiger partial charge in [-0.1, -0.05) is 0 Å². The maximum Gasteiger partial charge on any atom is 0.265 e. The summed E-state index contributed by atoms with van der Waals surface area (Å²) in [5.41, 5.74) is 6.98. The molecule has 0 aliphatic carbocycles. The number of aliphatic hydroxyl groups excluding tert-OH is 1. The van der Waals surface area contributed by atoms with Gasteiger partial charge in [0.15, 0.2) is 0 Å². The number of anilines is 1. The van der Waals surface area contributed by atoms with Crippen molar-refractivity contribution in [2.45, 2.75) is 19.3 Å². The van der Waals surface area contributed by atoms with Crippen LogP contribution in [0.1, 0.15) is 28.9 Å². The van der Waals surface area contributed by atoms with E-state index in [2.05, 4.69) is 9.97 Å². The number of nitrogen functional groups attached to an aromatic ring is 1. The molecule has 0 saturated carbocycles. The quantitative estimate of drug-likeness (QED) is 0.788. The number of hydrogen-bond acceptors (Lipinski definition) is 6. The van der Waals surface area contributed by atoms with Crippen LogP contribution in [0.3, 0.4) is 0 Å². The third-order valence-electron chi connectivity index (χ3n) is 3.06. The highest BCUT2D eigenvalue weighted by molar-refractivity contribution is 7.21. The molecule has 2 aromatic heterocycles. The predicted molar refractivity (Wildman–Crippen MR) is 79.7 cm³/mol. The van der Waals surface area contributed by atoms with Crippen molar-refractivity contribution in [3.8, 4) is 0 Å². The van der Waals surface area contributed by atoms with E-state index < -0.39 is 0 Å². The van der Waals surface area contributed by atoms with Crippen molar-refractivity contribution in [2.75, 3.05) is 25.9 Å². The number of nitrogens with zero attached hydrogens (tertiary/aromatic N) is 3. The van der Waals surface area contributed by atoms with E-state index in [4.69, 9.17) is 10.8 Å². The van der Waals surface area contributed by atoms with Crippen LogP contribution >= 0.6 is 11.3 Å². The summed E-state index contributed by atoms with van der Waals surface area (Å²) in [7, 11) is 1.76. The van der Waals surface area contributed by atoms with Crippen LogP contribution in [0.2, 0.25) is 0 Å². The molecule has 20 heavy (non-hydrogen) atoms. The van der Waals surface area contributed by atoms with Crippen molar-refractivity contribution in [3.63, 3.8) is 0 Å². The summed E-state index contributed by atoms with van der Waals surface area (Å²) >= 11 is 1.27. The Hall–Kier alpha value is -1.73. The van der Waals surface area contributed by atoms with Gasteiger partial charge in [-0.2, -0.15) is 0 Å². The highest BCUT2D eigenvalue weighted by atomic mass is 32.1. The number of thiophene rings is 1. The Kier molecular flexibility index (Phi) is 4.86. The number of nitrogens with two attached hydrogens (primary N) is 1. The molecule has 0 atom stereocenters. The maximum absolute atomic E-state index is 12.4. The molecule has 0 saturated heterocycles. The van der Waals surface area contributed by atoms with Crippen molar-refractivity contribution in [3.05, 3.63) is 17.3 Å². The van der Waals surface area contributed by atoms with Gasteiger partial charge < -0.3 is 15.7 Å². The molecular weight excluding hydrogens is 276 g/mol. The molecule has 0 radical (unpaired) electrons. The van der Waals surface area contributed by atoms with Gasteiger partial charge in [-0.05, 0) is 19.3 Å². The van der Waals surface area contributed by atoms with Gasteiger partial charge in [0.25, 0.3) is 5.91 Å². The molecule has 2 aromatic rings. The standard InChI is InChI=1S/C13H18N4O2S/c1-17(7-3-2-4-8-18)13(19)11-9(14)10-12(20-11)16-6-5-15-10/h5-6,18H,2-4,7-8,14H2,1H3. The number of rotatable bonds is 6. The van der Waals surface area contributed by atoms with E-state index in [0.717, 1.165) is 19.3 Å². The Morgan fingerprint density at radius 1 is 1.35 bits per heavy atom. The van der Waals surface area contributed by atoms with Gasteiger partial charge >= 0.3 is 0 Å². The van der Waals surface area contributed by atoms with Crippen molar-refractivity contribution < 1.29 is 9.90 Å². The van der Waals surface area contributed by atoms with E-state index >= 15 is 0 Å². The molecule has 2 heterocycles. The average Bonchev–Trinajstić information content (AvgIpc) is 2.80. The van der Waals surface area contributed by atoms with Gasteiger partial charge in [0, 0.05) is 32.6 Å². The molecule has 1 amide bonds. The second-order valence-corrected chi connectivity index (χ2v) is 5.57. The fourth-order valence-electron chi connectivity index (χ4n) is 1.92. The van der Waals surface area contributed by atoms with Crippen LogP contribution in [0.15, 0.2) is 12.4 Å². The molecule has 0 aliphatic rings. The molecule has 2 rings (SSSR count). The monoisotopic (exact) mass is 294 g/mol. The number of amides is 1. The molecule has 3 N–H and O–H groups in total. The normalized spacial score (nSPS) is 10.9. The molecule has 7 heteroatoms. The van der Waals surface area contributed by atoms with Crippen LogP contribution in [-0.4, -0.2) is 46.1 Å². The molecule has 0 fully saturated rings. The molecule has 0 bridgehead atoms. The molecule has 0 unspecified atom stereocenters. The van der Waals surface area contributed by atoms with Crippen LogP contribution in [-0.2, 0) is 0 Å². The lowest BCUT2D eigenvalue weighted by atomic mass is 10.2. The number of unbranched alkanes of at least 4 members (excludes halogenated alkanes) is 2. The van der Waals surface area contributed by atoms with E-state index in [1.165, 1.54) is 11.3 Å². The number of aliphatic hydroxyl groups is 1. The number of fused-ring (bicyclic) bond motifs is 1. The molecule has 0 aromatic carbocycles. The van der Waals surface area contributed by atoms with Gasteiger partial charge in [-0.3, -0.25) is 4.79 Å².